The normalized spacial score (nSPS) is 15.3. The van der Waals surface area contributed by atoms with Crippen LogP contribution in [-0.4, -0.2) is 56.7 Å². The van der Waals surface area contributed by atoms with Crippen LogP contribution in [-0.2, 0) is 26.0 Å². The van der Waals surface area contributed by atoms with Crippen LogP contribution in [0.5, 0.6) is 5.75 Å². The van der Waals surface area contributed by atoms with Gasteiger partial charge in [-0.3, -0.25) is 4.79 Å². The number of aryl methyl sites for hydroxylation is 2. The maximum atomic E-state index is 13.1. The van der Waals surface area contributed by atoms with Crippen molar-refractivity contribution in [1.82, 2.24) is 9.46 Å². The summed E-state index contributed by atoms with van der Waals surface area (Å²) in [6.45, 7) is 6.85. The summed E-state index contributed by atoms with van der Waals surface area (Å²) in [5.74, 6) is 0.543. The van der Waals surface area contributed by atoms with Crippen LogP contribution < -0.4 is 10.1 Å². The topological polar surface area (TPSA) is 111 Å². The minimum atomic E-state index is -3.78. The largest absolute Gasteiger partial charge is 0.492 e. The Kier molecular flexibility index (Phi) is 6.56. The first-order chi connectivity index (χ1) is 13.8. The van der Waals surface area contributed by atoms with Crippen molar-refractivity contribution in [2.45, 2.75) is 32.1 Å². The highest BCUT2D eigenvalue weighted by Crippen LogP contribution is 2.30. The Morgan fingerprint density at radius 3 is 2.62 bits per heavy atom. The number of morpholine rings is 1. The molecule has 1 amide bonds. The molecule has 2 aromatic rings. The molecule has 1 aliphatic rings. The van der Waals surface area contributed by atoms with Gasteiger partial charge in [-0.2, -0.15) is 4.31 Å². The van der Waals surface area contributed by atoms with Crippen molar-refractivity contribution in [2.75, 3.05) is 38.2 Å². The number of benzene rings is 1. The minimum absolute atomic E-state index is 0.0244. The van der Waals surface area contributed by atoms with Crippen molar-refractivity contribution in [1.29, 1.82) is 0 Å². The first-order valence-electron chi connectivity index (χ1n) is 9.39. The van der Waals surface area contributed by atoms with E-state index in [-0.39, 0.29) is 36.1 Å². The number of carbonyl (C=O) groups is 1. The van der Waals surface area contributed by atoms with Gasteiger partial charge in [0, 0.05) is 24.3 Å². The maximum Gasteiger partial charge on any atom is 0.246 e. The summed E-state index contributed by atoms with van der Waals surface area (Å²) in [7, 11) is -3.78. The molecule has 0 unspecified atom stereocenters. The molecule has 0 atom stereocenters. The van der Waals surface area contributed by atoms with Gasteiger partial charge in [0.1, 0.15) is 16.4 Å². The molecular formula is C19H25N3O6S. The maximum absolute atomic E-state index is 13.1. The molecule has 1 fully saturated rings. The third-order valence-electron chi connectivity index (χ3n) is 4.63. The zero-order valence-corrected chi connectivity index (χ0v) is 17.5. The van der Waals surface area contributed by atoms with Crippen LogP contribution in [0.25, 0.3) is 0 Å². The molecule has 0 saturated carbocycles. The van der Waals surface area contributed by atoms with Crippen molar-refractivity contribution < 1.29 is 27.2 Å². The SMILES string of the molecule is CCOc1ccc(NC(=O)Cc2c(C)noc2C)cc1S(=O)(=O)N1CCOCC1. The van der Waals surface area contributed by atoms with Gasteiger partial charge in [-0.25, -0.2) is 8.42 Å². The summed E-state index contributed by atoms with van der Waals surface area (Å²) in [6.07, 6.45) is 0.0833. The number of ether oxygens (including phenoxy) is 2. The number of hydrogen-bond acceptors (Lipinski definition) is 7. The molecule has 29 heavy (non-hydrogen) atoms. The van der Waals surface area contributed by atoms with Gasteiger partial charge < -0.3 is 19.3 Å². The molecule has 1 aromatic carbocycles. The minimum Gasteiger partial charge on any atom is -0.492 e. The molecule has 0 aliphatic carbocycles. The Hall–Kier alpha value is -2.43. The van der Waals surface area contributed by atoms with E-state index in [4.69, 9.17) is 14.0 Å². The molecule has 1 saturated heterocycles. The van der Waals surface area contributed by atoms with Crippen LogP contribution in [0.4, 0.5) is 5.69 Å². The van der Waals surface area contributed by atoms with Gasteiger partial charge >= 0.3 is 0 Å². The highest BCUT2D eigenvalue weighted by molar-refractivity contribution is 7.89. The van der Waals surface area contributed by atoms with Gasteiger partial charge in [-0.15, -0.1) is 0 Å². The number of carbonyl (C=O) groups excluding carboxylic acids is 1. The number of rotatable bonds is 7. The number of hydrogen-bond donors (Lipinski definition) is 1. The Bertz CT molecular complexity index is 960. The number of anilines is 1. The lowest BCUT2D eigenvalue weighted by Crippen LogP contribution is -2.40. The Balaban J connectivity index is 1.85. The summed E-state index contributed by atoms with van der Waals surface area (Å²) in [6, 6.07) is 4.61. The number of nitrogens with zero attached hydrogens (tertiary/aromatic N) is 2. The van der Waals surface area contributed by atoms with E-state index in [2.05, 4.69) is 10.5 Å². The number of nitrogens with one attached hydrogen (secondary N) is 1. The van der Waals surface area contributed by atoms with Gasteiger partial charge in [-0.05, 0) is 39.0 Å². The predicted molar refractivity (Wildman–Crippen MR) is 105 cm³/mol. The van der Waals surface area contributed by atoms with Crippen LogP contribution >= 0.6 is 0 Å². The second-order valence-corrected chi connectivity index (χ2v) is 8.55. The van der Waals surface area contributed by atoms with E-state index < -0.39 is 10.0 Å². The average molecular weight is 423 g/mol. The Morgan fingerprint density at radius 1 is 1.28 bits per heavy atom. The fraction of sp³-hybridized carbons (Fsp3) is 0.474. The predicted octanol–water partition coefficient (Wildman–Crippen LogP) is 1.89. The number of sulfonamides is 1. The molecule has 1 aromatic heterocycles. The molecular weight excluding hydrogens is 398 g/mol. The molecule has 1 N–H and O–H groups in total. The zero-order valence-electron chi connectivity index (χ0n) is 16.7. The lowest BCUT2D eigenvalue weighted by Gasteiger charge is -2.27. The summed E-state index contributed by atoms with van der Waals surface area (Å²) in [5, 5.41) is 6.59. The average Bonchev–Trinajstić information content (AvgIpc) is 3.02. The first-order valence-corrected chi connectivity index (χ1v) is 10.8. The van der Waals surface area contributed by atoms with Crippen molar-refractivity contribution >= 4 is 21.6 Å². The zero-order chi connectivity index (χ0) is 21.0. The van der Waals surface area contributed by atoms with Gasteiger partial charge in [0.25, 0.3) is 0 Å². The van der Waals surface area contributed by atoms with E-state index in [1.165, 1.54) is 10.4 Å². The Labute approximate surface area is 170 Å². The molecule has 158 valence electrons. The monoisotopic (exact) mass is 423 g/mol. The fourth-order valence-corrected chi connectivity index (χ4v) is 4.67. The first kappa shape index (κ1) is 21.3. The van der Waals surface area contributed by atoms with E-state index in [0.717, 1.165) is 5.56 Å². The third kappa shape index (κ3) is 4.77. The van der Waals surface area contributed by atoms with Gasteiger partial charge in [0.15, 0.2) is 0 Å². The molecule has 0 radical (unpaired) electrons. The highest BCUT2D eigenvalue weighted by atomic mass is 32.2. The number of aromatic nitrogens is 1. The molecule has 10 heteroatoms. The quantitative estimate of drug-likeness (QED) is 0.724. The lowest BCUT2D eigenvalue weighted by atomic mass is 10.1. The van der Waals surface area contributed by atoms with Crippen molar-refractivity contribution in [3.8, 4) is 5.75 Å². The molecule has 2 heterocycles. The van der Waals surface area contributed by atoms with Gasteiger partial charge in [-0.1, -0.05) is 5.16 Å². The Morgan fingerprint density at radius 2 is 2.00 bits per heavy atom. The number of amides is 1. The smallest absolute Gasteiger partial charge is 0.246 e. The van der Waals surface area contributed by atoms with Crippen molar-refractivity contribution in [3.05, 3.63) is 35.2 Å². The second kappa shape index (κ2) is 8.93. The van der Waals surface area contributed by atoms with Gasteiger partial charge in [0.05, 0.1) is 31.9 Å². The molecule has 3 rings (SSSR count). The molecule has 9 nitrogen and oxygen atoms in total. The van der Waals surface area contributed by atoms with Crippen LogP contribution in [0.2, 0.25) is 0 Å². The van der Waals surface area contributed by atoms with Crippen molar-refractivity contribution in [2.24, 2.45) is 0 Å². The van der Waals surface area contributed by atoms with Crippen molar-refractivity contribution in [3.63, 3.8) is 0 Å². The fourth-order valence-electron chi connectivity index (χ4n) is 3.11. The van der Waals surface area contributed by atoms with Crippen LogP contribution in [0.1, 0.15) is 23.9 Å². The van der Waals surface area contributed by atoms with Crippen LogP contribution in [0.15, 0.2) is 27.6 Å². The van der Waals surface area contributed by atoms with E-state index >= 15 is 0 Å². The van der Waals surface area contributed by atoms with Gasteiger partial charge in [0.2, 0.25) is 15.9 Å². The standard InChI is InChI=1S/C19H25N3O6S/c1-4-27-17-6-5-15(20-19(23)12-16-13(2)21-28-14(16)3)11-18(17)29(24,25)22-7-9-26-10-8-22/h5-6,11H,4,7-10,12H2,1-3H3,(H,20,23). The summed E-state index contributed by atoms with van der Waals surface area (Å²) in [5.41, 5.74) is 1.74. The van der Waals surface area contributed by atoms with E-state index in [0.29, 0.717) is 37.0 Å². The lowest BCUT2D eigenvalue weighted by molar-refractivity contribution is -0.115. The molecule has 0 spiro atoms. The van der Waals surface area contributed by atoms with E-state index in [9.17, 15) is 13.2 Å². The summed E-state index contributed by atoms with van der Waals surface area (Å²) >= 11 is 0. The summed E-state index contributed by atoms with van der Waals surface area (Å²) < 4.78 is 43.5. The van der Waals surface area contributed by atoms with Crippen LogP contribution in [0.3, 0.4) is 0 Å². The second-order valence-electron chi connectivity index (χ2n) is 6.64. The molecule has 0 bridgehead atoms. The summed E-state index contributed by atoms with van der Waals surface area (Å²) in [4.78, 5) is 12.5. The van der Waals surface area contributed by atoms with E-state index in [1.807, 2.05) is 0 Å². The van der Waals surface area contributed by atoms with Crippen LogP contribution in [0, 0.1) is 13.8 Å². The van der Waals surface area contributed by atoms with E-state index in [1.54, 1.807) is 32.9 Å². The highest BCUT2D eigenvalue weighted by Gasteiger charge is 2.30. The third-order valence-corrected chi connectivity index (χ3v) is 6.55. The molecule has 1 aliphatic heterocycles.